The molecule has 2 bridgehead atoms. The Morgan fingerprint density at radius 2 is 1.80 bits per heavy atom. The van der Waals surface area contributed by atoms with E-state index in [1.807, 2.05) is 20.8 Å². The summed E-state index contributed by atoms with van der Waals surface area (Å²) in [5.74, 6) is -1.51. The molecule has 2 amide bonds. The SMILES string of the molecule is COc1ccc(-c2sc(C(=O)NC3CC4CCC3N4C(=O)OC(C)(C)C)cc2-c2ccc(C#N)c(F)c2)cc1F. The van der Waals surface area contributed by atoms with Crippen molar-refractivity contribution in [3.05, 3.63) is 64.5 Å². The summed E-state index contributed by atoms with van der Waals surface area (Å²) >= 11 is 1.16. The second-order valence-electron chi connectivity index (χ2n) is 11.0. The first-order chi connectivity index (χ1) is 19.0. The quantitative estimate of drug-likeness (QED) is 0.381. The maximum absolute atomic E-state index is 14.6. The Morgan fingerprint density at radius 1 is 1.07 bits per heavy atom. The van der Waals surface area contributed by atoms with Crippen LogP contribution in [0.2, 0.25) is 0 Å². The van der Waals surface area contributed by atoms with Crippen molar-refractivity contribution in [3.8, 4) is 33.4 Å². The topological polar surface area (TPSA) is 91.7 Å². The lowest BCUT2D eigenvalue weighted by atomic mass is 9.95. The number of carbonyl (C=O) groups is 2. The highest BCUT2D eigenvalue weighted by atomic mass is 32.1. The Hall–Kier alpha value is -3.97. The predicted molar refractivity (Wildman–Crippen MR) is 147 cm³/mol. The van der Waals surface area contributed by atoms with Gasteiger partial charge in [-0.1, -0.05) is 6.07 Å². The first kappa shape index (κ1) is 27.6. The van der Waals surface area contributed by atoms with Crippen LogP contribution in [-0.4, -0.2) is 47.7 Å². The third kappa shape index (κ3) is 5.26. The van der Waals surface area contributed by atoms with E-state index in [0.29, 0.717) is 32.9 Å². The number of hydrogen-bond acceptors (Lipinski definition) is 6. The maximum Gasteiger partial charge on any atom is 0.410 e. The lowest BCUT2D eigenvalue weighted by Gasteiger charge is -2.28. The summed E-state index contributed by atoms with van der Waals surface area (Å²) in [6.07, 6.45) is 1.88. The second kappa shape index (κ2) is 10.5. The molecule has 1 N–H and O–H groups in total. The smallest absolute Gasteiger partial charge is 0.410 e. The molecule has 7 nitrogen and oxygen atoms in total. The van der Waals surface area contributed by atoms with Crippen molar-refractivity contribution in [1.29, 1.82) is 5.26 Å². The van der Waals surface area contributed by atoms with Gasteiger partial charge in [-0.15, -0.1) is 11.3 Å². The Morgan fingerprint density at radius 3 is 2.45 bits per heavy atom. The number of thiophene rings is 1. The average molecular weight is 566 g/mol. The molecule has 40 heavy (non-hydrogen) atoms. The fourth-order valence-corrected chi connectivity index (χ4v) is 6.58. The largest absolute Gasteiger partial charge is 0.494 e. The first-order valence-corrected chi connectivity index (χ1v) is 13.8. The van der Waals surface area contributed by atoms with Gasteiger partial charge in [-0.3, -0.25) is 4.79 Å². The van der Waals surface area contributed by atoms with Gasteiger partial charge in [-0.2, -0.15) is 5.26 Å². The summed E-state index contributed by atoms with van der Waals surface area (Å²) in [5.41, 5.74) is 0.770. The van der Waals surface area contributed by atoms with Crippen molar-refractivity contribution in [2.45, 2.75) is 63.8 Å². The maximum atomic E-state index is 14.6. The van der Waals surface area contributed by atoms with Crippen molar-refractivity contribution in [2.75, 3.05) is 7.11 Å². The number of hydrogen-bond donors (Lipinski definition) is 1. The van der Waals surface area contributed by atoms with Crippen LogP contribution in [0.3, 0.4) is 0 Å². The van der Waals surface area contributed by atoms with Crippen molar-refractivity contribution in [2.24, 2.45) is 0 Å². The minimum absolute atomic E-state index is 0.00325. The molecule has 10 heteroatoms. The van der Waals surface area contributed by atoms with Crippen molar-refractivity contribution in [1.82, 2.24) is 10.2 Å². The Kier molecular flexibility index (Phi) is 7.27. The normalized spacial score (nSPS) is 19.8. The molecule has 0 aliphatic carbocycles. The molecule has 2 aromatic carbocycles. The number of amides is 2. The highest BCUT2D eigenvalue weighted by Gasteiger charge is 2.50. The summed E-state index contributed by atoms with van der Waals surface area (Å²) < 4.78 is 39.8. The standard InChI is InChI=1S/C30H29F2N3O4S/c1-30(2,3)39-29(37)35-19-8-9-24(35)23(13-19)34-28(36)26-14-20(16-5-6-18(15-33)21(31)11-16)27(40-26)17-7-10-25(38-4)22(32)12-17/h5-7,10-12,14,19,23-24H,8-9,13H2,1-4H3,(H,34,36). The number of halogens is 2. The van der Waals surface area contributed by atoms with Crippen LogP contribution in [0.1, 0.15) is 55.3 Å². The third-order valence-corrected chi connectivity index (χ3v) is 8.41. The summed E-state index contributed by atoms with van der Waals surface area (Å²) in [4.78, 5) is 29.0. The number of ether oxygens (including phenoxy) is 2. The number of carbonyl (C=O) groups excluding carboxylic acids is 2. The summed E-state index contributed by atoms with van der Waals surface area (Å²) in [7, 11) is 1.37. The zero-order chi connectivity index (χ0) is 28.8. The lowest BCUT2D eigenvalue weighted by molar-refractivity contribution is 0.0209. The molecule has 0 spiro atoms. The van der Waals surface area contributed by atoms with E-state index in [1.54, 1.807) is 29.2 Å². The molecule has 3 unspecified atom stereocenters. The molecule has 3 heterocycles. The summed E-state index contributed by atoms with van der Waals surface area (Å²) in [6.45, 7) is 5.47. The molecule has 2 saturated heterocycles. The van der Waals surface area contributed by atoms with E-state index < -0.39 is 17.2 Å². The minimum atomic E-state index is -0.687. The molecule has 208 valence electrons. The van der Waals surface area contributed by atoms with Gasteiger partial charge in [-0.25, -0.2) is 13.6 Å². The second-order valence-corrected chi connectivity index (χ2v) is 12.1. The highest BCUT2D eigenvalue weighted by Crippen LogP contribution is 2.42. The van der Waals surface area contributed by atoms with Crippen LogP contribution in [0.5, 0.6) is 5.75 Å². The van der Waals surface area contributed by atoms with Gasteiger partial charge in [0, 0.05) is 16.5 Å². The number of methoxy groups -OCH3 is 1. The van der Waals surface area contributed by atoms with E-state index in [-0.39, 0.29) is 41.4 Å². The van der Waals surface area contributed by atoms with Crippen molar-refractivity contribution >= 4 is 23.3 Å². The van der Waals surface area contributed by atoms with Gasteiger partial charge in [0.15, 0.2) is 11.6 Å². The monoisotopic (exact) mass is 565 g/mol. The Labute approximate surface area is 235 Å². The van der Waals surface area contributed by atoms with Crippen LogP contribution >= 0.6 is 11.3 Å². The summed E-state index contributed by atoms with van der Waals surface area (Å²) in [5, 5.41) is 12.2. The first-order valence-electron chi connectivity index (χ1n) is 13.0. The van der Waals surface area contributed by atoms with Crippen LogP contribution in [0, 0.1) is 23.0 Å². The molecule has 2 aliphatic rings. The fourth-order valence-electron chi connectivity index (χ4n) is 5.50. The van der Waals surface area contributed by atoms with Crippen LogP contribution in [0.4, 0.5) is 13.6 Å². The number of nitrogens with zero attached hydrogens (tertiary/aromatic N) is 2. The average Bonchev–Trinajstić information content (AvgIpc) is 3.61. The highest BCUT2D eigenvalue weighted by molar-refractivity contribution is 7.18. The van der Waals surface area contributed by atoms with Crippen molar-refractivity contribution < 1.29 is 27.8 Å². The number of benzene rings is 2. The number of fused-ring (bicyclic) bond motifs is 2. The Bertz CT molecular complexity index is 1520. The molecular weight excluding hydrogens is 536 g/mol. The summed E-state index contributed by atoms with van der Waals surface area (Å²) in [6, 6.07) is 11.7. The van der Waals surface area contributed by atoms with E-state index in [4.69, 9.17) is 14.7 Å². The number of nitrogens with one attached hydrogen (secondary N) is 1. The van der Waals surface area contributed by atoms with Gasteiger partial charge in [0.1, 0.15) is 17.5 Å². The van der Waals surface area contributed by atoms with Gasteiger partial charge < -0.3 is 19.7 Å². The van der Waals surface area contributed by atoms with Crippen molar-refractivity contribution in [3.63, 3.8) is 0 Å². The molecular formula is C30H29F2N3O4S. The van der Waals surface area contributed by atoms with Crippen LogP contribution in [0.25, 0.3) is 21.6 Å². The van der Waals surface area contributed by atoms with Gasteiger partial charge in [0.2, 0.25) is 0 Å². The van der Waals surface area contributed by atoms with Gasteiger partial charge >= 0.3 is 6.09 Å². The molecule has 2 aliphatic heterocycles. The molecule has 0 radical (unpaired) electrons. The fraction of sp³-hybridized carbons (Fsp3) is 0.367. The van der Waals surface area contributed by atoms with E-state index in [2.05, 4.69) is 5.32 Å². The number of rotatable bonds is 5. The molecule has 2 fully saturated rings. The molecule has 0 saturated carbocycles. The van der Waals surface area contributed by atoms with E-state index >= 15 is 0 Å². The molecule has 3 atom stereocenters. The van der Waals surface area contributed by atoms with Gasteiger partial charge in [0.05, 0.1) is 29.6 Å². The molecule has 1 aromatic heterocycles. The van der Waals surface area contributed by atoms with Crippen LogP contribution in [0.15, 0.2) is 42.5 Å². The third-order valence-electron chi connectivity index (χ3n) is 7.23. The van der Waals surface area contributed by atoms with Gasteiger partial charge in [0.25, 0.3) is 5.91 Å². The Balaban J connectivity index is 1.45. The number of nitriles is 1. The van der Waals surface area contributed by atoms with E-state index in [0.717, 1.165) is 24.2 Å². The van der Waals surface area contributed by atoms with Crippen LogP contribution in [-0.2, 0) is 4.74 Å². The van der Waals surface area contributed by atoms with Crippen LogP contribution < -0.4 is 10.1 Å². The van der Waals surface area contributed by atoms with Gasteiger partial charge in [-0.05, 0) is 87.6 Å². The molecule has 5 rings (SSSR count). The zero-order valence-electron chi connectivity index (χ0n) is 22.6. The lowest BCUT2D eigenvalue weighted by Crippen LogP contribution is -2.46. The van der Waals surface area contributed by atoms with E-state index in [1.165, 1.54) is 31.4 Å². The minimum Gasteiger partial charge on any atom is -0.494 e. The zero-order valence-corrected chi connectivity index (χ0v) is 23.4. The van der Waals surface area contributed by atoms with E-state index in [9.17, 15) is 18.4 Å². The molecule has 3 aromatic rings. The predicted octanol–water partition coefficient (Wildman–Crippen LogP) is 6.51.